The van der Waals surface area contributed by atoms with Crippen LogP contribution in [0.5, 0.6) is 0 Å². The second kappa shape index (κ2) is 5.38. The number of hydrogen-bond donors (Lipinski definition) is 3. The largest absolute Gasteiger partial charge is 0.437 e. The van der Waals surface area contributed by atoms with Crippen LogP contribution >= 0.6 is 0 Å². The summed E-state index contributed by atoms with van der Waals surface area (Å²) in [6.45, 7) is 3.46. The first-order valence-corrected chi connectivity index (χ1v) is 6.96. The number of nitrogens with one attached hydrogen (secondary N) is 2. The predicted molar refractivity (Wildman–Crippen MR) is 76.6 cm³/mol. The molecule has 0 aromatic carbocycles. The third kappa shape index (κ3) is 2.61. The molecule has 0 spiro atoms. The minimum Gasteiger partial charge on any atom is -0.437 e. The van der Waals surface area contributed by atoms with Gasteiger partial charge in [-0.2, -0.15) is 0 Å². The van der Waals surface area contributed by atoms with Crippen molar-refractivity contribution in [1.82, 2.24) is 15.2 Å². The van der Waals surface area contributed by atoms with Gasteiger partial charge in [0.2, 0.25) is 5.91 Å². The Morgan fingerprint density at radius 1 is 1.45 bits per heavy atom. The fourth-order valence-electron chi connectivity index (χ4n) is 2.88. The van der Waals surface area contributed by atoms with Crippen molar-refractivity contribution in [2.45, 2.75) is 32.1 Å². The number of amides is 1. The van der Waals surface area contributed by atoms with Gasteiger partial charge in [0.05, 0.1) is 6.42 Å². The van der Waals surface area contributed by atoms with Gasteiger partial charge in [0.1, 0.15) is 18.0 Å². The number of carbonyl (C=O) groups is 1. The molecule has 0 unspecified atom stereocenters. The van der Waals surface area contributed by atoms with Crippen LogP contribution in [0.1, 0.15) is 18.4 Å². The number of rotatable bonds is 3. The average Bonchev–Trinajstić information content (AvgIpc) is 2.79. The monoisotopic (exact) mass is 275 g/mol. The zero-order valence-corrected chi connectivity index (χ0v) is 11.5. The molecule has 0 saturated carbocycles. The number of aromatic nitrogens is 2. The SMILES string of the molecule is CB(O)NC1CCN(c2ncnc3c2CC(=O)N3)CC1. The summed E-state index contributed by atoms with van der Waals surface area (Å²) in [5.41, 5.74) is 0.902. The van der Waals surface area contributed by atoms with Crippen LogP contribution < -0.4 is 15.4 Å². The molecule has 3 heterocycles. The lowest BCUT2D eigenvalue weighted by Crippen LogP contribution is -2.47. The van der Waals surface area contributed by atoms with E-state index in [1.165, 1.54) is 6.33 Å². The molecule has 0 bridgehead atoms. The van der Waals surface area contributed by atoms with Crippen LogP contribution in [0.15, 0.2) is 6.33 Å². The van der Waals surface area contributed by atoms with Crippen molar-refractivity contribution in [1.29, 1.82) is 0 Å². The van der Waals surface area contributed by atoms with Gasteiger partial charge in [-0.1, -0.05) is 0 Å². The van der Waals surface area contributed by atoms with Crippen LogP contribution in [-0.4, -0.2) is 47.1 Å². The van der Waals surface area contributed by atoms with Crippen molar-refractivity contribution >= 4 is 24.6 Å². The maximum Gasteiger partial charge on any atom is 0.373 e. The lowest BCUT2D eigenvalue weighted by atomic mass is 9.85. The molecule has 106 valence electrons. The van der Waals surface area contributed by atoms with E-state index in [1.54, 1.807) is 6.82 Å². The second-order valence-electron chi connectivity index (χ2n) is 5.35. The number of piperidine rings is 1. The van der Waals surface area contributed by atoms with Gasteiger partial charge < -0.3 is 20.5 Å². The Bertz CT molecular complexity index is 517. The highest BCUT2D eigenvalue weighted by atomic mass is 16.2. The van der Waals surface area contributed by atoms with E-state index in [0.29, 0.717) is 18.3 Å². The van der Waals surface area contributed by atoms with E-state index in [0.717, 1.165) is 37.3 Å². The normalized spacial score (nSPS) is 18.9. The topological polar surface area (TPSA) is 90.4 Å². The standard InChI is InChI=1S/C12H18BN5O2/c1-13(20)17-8-2-4-18(5-3-8)12-9-6-10(19)16-11(9)14-7-15-12/h7-8,17,20H,2-6H2,1H3,(H,14,15,16,19). The first kappa shape index (κ1) is 13.3. The summed E-state index contributed by atoms with van der Waals surface area (Å²) in [5, 5.41) is 15.2. The molecule has 20 heavy (non-hydrogen) atoms. The highest BCUT2D eigenvalue weighted by Gasteiger charge is 2.28. The van der Waals surface area contributed by atoms with Crippen molar-refractivity contribution in [2.24, 2.45) is 0 Å². The Morgan fingerprint density at radius 2 is 2.20 bits per heavy atom. The van der Waals surface area contributed by atoms with Crippen molar-refractivity contribution in [3.63, 3.8) is 0 Å². The smallest absolute Gasteiger partial charge is 0.373 e. The Morgan fingerprint density at radius 3 is 2.90 bits per heavy atom. The first-order chi connectivity index (χ1) is 9.63. The quantitative estimate of drug-likeness (QED) is 0.653. The number of anilines is 2. The van der Waals surface area contributed by atoms with Crippen LogP contribution in [-0.2, 0) is 11.2 Å². The van der Waals surface area contributed by atoms with Gasteiger partial charge in [0.15, 0.2) is 0 Å². The van der Waals surface area contributed by atoms with Crippen molar-refractivity contribution in [3.8, 4) is 0 Å². The lowest BCUT2D eigenvalue weighted by molar-refractivity contribution is -0.115. The van der Waals surface area contributed by atoms with Gasteiger partial charge in [0.25, 0.3) is 0 Å². The molecule has 1 aromatic rings. The number of carbonyl (C=O) groups excluding carboxylic acids is 1. The van der Waals surface area contributed by atoms with Gasteiger partial charge in [-0.15, -0.1) is 0 Å². The third-order valence-corrected chi connectivity index (χ3v) is 3.79. The molecular formula is C12H18BN5O2. The molecule has 1 amide bonds. The number of fused-ring (bicyclic) bond motifs is 1. The fourth-order valence-corrected chi connectivity index (χ4v) is 2.88. The number of hydrogen-bond acceptors (Lipinski definition) is 6. The van der Waals surface area contributed by atoms with Crippen molar-refractivity contribution in [2.75, 3.05) is 23.3 Å². The highest BCUT2D eigenvalue weighted by Crippen LogP contribution is 2.30. The van der Waals surface area contributed by atoms with Crippen LogP contribution in [0.4, 0.5) is 11.6 Å². The van der Waals surface area contributed by atoms with E-state index in [4.69, 9.17) is 0 Å². The minimum absolute atomic E-state index is 0.0209. The third-order valence-electron chi connectivity index (χ3n) is 3.79. The zero-order valence-electron chi connectivity index (χ0n) is 11.5. The summed E-state index contributed by atoms with van der Waals surface area (Å²) < 4.78 is 0. The van der Waals surface area contributed by atoms with E-state index in [2.05, 4.69) is 25.4 Å². The van der Waals surface area contributed by atoms with E-state index >= 15 is 0 Å². The Kier molecular flexibility index (Phi) is 3.58. The van der Waals surface area contributed by atoms with Crippen molar-refractivity contribution in [3.05, 3.63) is 11.9 Å². The van der Waals surface area contributed by atoms with E-state index < -0.39 is 7.05 Å². The van der Waals surface area contributed by atoms with Crippen LogP contribution in [0.25, 0.3) is 0 Å². The molecule has 8 heteroatoms. The van der Waals surface area contributed by atoms with Crippen LogP contribution in [0.2, 0.25) is 6.82 Å². The summed E-state index contributed by atoms with van der Waals surface area (Å²) in [6.07, 6.45) is 3.76. The van der Waals surface area contributed by atoms with Crippen LogP contribution in [0, 0.1) is 0 Å². The van der Waals surface area contributed by atoms with E-state index in [1.807, 2.05) is 0 Å². The first-order valence-electron chi connectivity index (χ1n) is 6.96. The molecule has 7 nitrogen and oxygen atoms in total. The van der Waals surface area contributed by atoms with Gasteiger partial charge in [0, 0.05) is 24.7 Å². The maximum absolute atomic E-state index is 11.5. The molecule has 0 radical (unpaired) electrons. The molecule has 3 N–H and O–H groups in total. The summed E-state index contributed by atoms with van der Waals surface area (Å²) in [7, 11) is -0.475. The Hall–Kier alpha value is -1.67. The molecule has 2 aliphatic rings. The number of nitrogens with zero attached hydrogens (tertiary/aromatic N) is 3. The molecule has 2 aliphatic heterocycles. The maximum atomic E-state index is 11.5. The Balaban J connectivity index is 1.70. The second-order valence-corrected chi connectivity index (χ2v) is 5.35. The summed E-state index contributed by atoms with van der Waals surface area (Å²) >= 11 is 0. The van der Waals surface area contributed by atoms with Gasteiger partial charge in [-0.25, -0.2) is 9.97 Å². The average molecular weight is 275 g/mol. The van der Waals surface area contributed by atoms with Crippen molar-refractivity contribution < 1.29 is 9.82 Å². The molecule has 1 fully saturated rings. The van der Waals surface area contributed by atoms with Gasteiger partial charge in [-0.05, 0) is 19.7 Å². The zero-order chi connectivity index (χ0) is 14.1. The summed E-state index contributed by atoms with van der Waals surface area (Å²) in [5.74, 6) is 1.49. The Labute approximate surface area is 117 Å². The fraction of sp³-hybridized carbons (Fsp3) is 0.583. The molecule has 0 aliphatic carbocycles. The highest BCUT2D eigenvalue weighted by molar-refractivity contribution is 6.45. The van der Waals surface area contributed by atoms with Crippen LogP contribution in [0.3, 0.4) is 0 Å². The lowest BCUT2D eigenvalue weighted by Gasteiger charge is -2.34. The predicted octanol–water partition coefficient (Wildman–Crippen LogP) is -0.360. The van der Waals surface area contributed by atoms with E-state index in [9.17, 15) is 9.82 Å². The molecule has 3 rings (SSSR count). The summed E-state index contributed by atoms with van der Waals surface area (Å²) in [4.78, 5) is 22.1. The summed E-state index contributed by atoms with van der Waals surface area (Å²) in [6, 6.07) is 0.334. The molecular weight excluding hydrogens is 257 g/mol. The van der Waals surface area contributed by atoms with Gasteiger partial charge >= 0.3 is 7.05 Å². The minimum atomic E-state index is -0.475. The molecule has 1 aromatic heterocycles. The molecule has 1 saturated heterocycles. The molecule has 0 atom stereocenters. The van der Waals surface area contributed by atoms with E-state index in [-0.39, 0.29) is 5.91 Å². The van der Waals surface area contributed by atoms with Gasteiger partial charge in [-0.3, -0.25) is 4.79 Å².